The number of carbonyl (C=O) groups excluding carboxylic acids is 2. The van der Waals surface area contributed by atoms with Crippen LogP contribution in [0.4, 0.5) is 0 Å². The SMILES string of the molecule is CCC(CC)CN1CCN(CCCCCc2ccc3c(c2)n(C)c(=O)n3C2CCC(=O)NC2=O)CC1. The normalized spacial score (nSPS) is 19.9. The van der Waals surface area contributed by atoms with Crippen molar-refractivity contribution in [1.29, 1.82) is 0 Å². The van der Waals surface area contributed by atoms with E-state index in [1.165, 1.54) is 70.5 Å². The fourth-order valence-electron chi connectivity index (χ4n) is 5.74. The molecule has 3 heterocycles. The quantitative estimate of drug-likeness (QED) is 0.381. The van der Waals surface area contributed by atoms with Crippen LogP contribution in [0.1, 0.15) is 70.4 Å². The zero-order valence-corrected chi connectivity index (χ0v) is 22.3. The topological polar surface area (TPSA) is 79.6 Å². The van der Waals surface area contributed by atoms with Gasteiger partial charge in [0.15, 0.2) is 0 Å². The van der Waals surface area contributed by atoms with Gasteiger partial charge in [-0.25, -0.2) is 4.79 Å². The lowest BCUT2D eigenvalue weighted by Gasteiger charge is -2.36. The molecule has 0 bridgehead atoms. The lowest BCUT2D eigenvalue weighted by atomic mass is 10.0. The summed E-state index contributed by atoms with van der Waals surface area (Å²) in [5, 5.41) is 2.37. The van der Waals surface area contributed by atoms with Gasteiger partial charge in [-0.3, -0.25) is 24.0 Å². The molecule has 198 valence electrons. The molecule has 1 aromatic heterocycles. The molecule has 8 nitrogen and oxygen atoms in total. The van der Waals surface area contributed by atoms with E-state index in [2.05, 4.69) is 41.1 Å². The Balaban J connectivity index is 1.25. The predicted molar refractivity (Wildman–Crippen MR) is 143 cm³/mol. The molecule has 1 N–H and O–H groups in total. The lowest BCUT2D eigenvalue weighted by molar-refractivity contribution is -0.135. The second-order valence-corrected chi connectivity index (χ2v) is 10.6. The van der Waals surface area contributed by atoms with Gasteiger partial charge in [-0.05, 0) is 55.8 Å². The first-order valence-electron chi connectivity index (χ1n) is 13.9. The number of imidazole rings is 1. The largest absolute Gasteiger partial charge is 0.329 e. The summed E-state index contributed by atoms with van der Waals surface area (Å²) in [4.78, 5) is 42.1. The molecule has 1 atom stereocenters. The maximum absolute atomic E-state index is 12.9. The Bertz CT molecular complexity index is 1110. The summed E-state index contributed by atoms with van der Waals surface area (Å²) in [5.41, 5.74) is 2.60. The van der Waals surface area contributed by atoms with Gasteiger partial charge in [-0.15, -0.1) is 0 Å². The number of piperidine rings is 1. The van der Waals surface area contributed by atoms with Gasteiger partial charge in [0.1, 0.15) is 6.04 Å². The van der Waals surface area contributed by atoms with Crippen LogP contribution in [0.25, 0.3) is 11.0 Å². The van der Waals surface area contributed by atoms with E-state index in [0.717, 1.165) is 29.8 Å². The summed E-state index contributed by atoms with van der Waals surface area (Å²) in [6, 6.07) is 5.48. The number of hydrogen-bond acceptors (Lipinski definition) is 5. The van der Waals surface area contributed by atoms with E-state index in [9.17, 15) is 14.4 Å². The highest BCUT2D eigenvalue weighted by Gasteiger charge is 2.31. The number of aryl methyl sites for hydroxylation is 2. The molecule has 2 fully saturated rings. The number of unbranched alkanes of at least 4 members (excludes halogenated alkanes) is 2. The number of imide groups is 1. The molecule has 0 saturated carbocycles. The molecule has 1 unspecified atom stereocenters. The van der Waals surface area contributed by atoms with Gasteiger partial charge in [-0.2, -0.15) is 0 Å². The second kappa shape index (κ2) is 12.2. The van der Waals surface area contributed by atoms with E-state index >= 15 is 0 Å². The fourth-order valence-corrected chi connectivity index (χ4v) is 5.74. The fraction of sp³-hybridized carbons (Fsp3) is 0.679. The smallest absolute Gasteiger partial charge is 0.301 e. The highest BCUT2D eigenvalue weighted by molar-refractivity contribution is 6.00. The summed E-state index contributed by atoms with van der Waals surface area (Å²) in [7, 11) is 1.75. The van der Waals surface area contributed by atoms with Gasteiger partial charge in [0, 0.05) is 46.2 Å². The van der Waals surface area contributed by atoms with Gasteiger partial charge in [0.2, 0.25) is 11.8 Å². The molecule has 1 aromatic carbocycles. The van der Waals surface area contributed by atoms with Crippen LogP contribution in [-0.2, 0) is 23.1 Å². The van der Waals surface area contributed by atoms with Gasteiger partial charge in [0.05, 0.1) is 11.0 Å². The Morgan fingerprint density at radius 2 is 1.67 bits per heavy atom. The molecular weight excluding hydrogens is 454 g/mol. The molecule has 4 rings (SSSR count). The Labute approximate surface area is 214 Å². The minimum Gasteiger partial charge on any atom is -0.301 e. The summed E-state index contributed by atoms with van der Waals surface area (Å²) < 4.78 is 3.16. The molecule has 2 amide bonds. The Morgan fingerprint density at radius 3 is 2.36 bits per heavy atom. The first-order valence-corrected chi connectivity index (χ1v) is 13.9. The second-order valence-electron chi connectivity index (χ2n) is 10.6. The van der Waals surface area contributed by atoms with Crippen molar-refractivity contribution in [3.05, 3.63) is 34.2 Å². The molecule has 0 spiro atoms. The standard InChI is InChI=1S/C28H43N5O3/c1-4-21(5-2)20-32-17-15-31(16-18-32)14-8-6-7-9-22-10-11-23-25(19-22)30(3)28(36)33(23)24-12-13-26(34)29-27(24)35/h10-11,19,21,24H,4-9,12-18,20H2,1-3H3,(H,29,34,35). The van der Waals surface area contributed by atoms with Crippen LogP contribution >= 0.6 is 0 Å². The molecule has 2 aliphatic rings. The first-order chi connectivity index (χ1) is 17.4. The van der Waals surface area contributed by atoms with Crippen LogP contribution in [0.2, 0.25) is 0 Å². The zero-order valence-electron chi connectivity index (χ0n) is 22.3. The third-order valence-corrected chi connectivity index (χ3v) is 8.25. The molecule has 0 radical (unpaired) electrons. The number of benzene rings is 1. The first kappa shape index (κ1) is 26.6. The number of fused-ring (bicyclic) bond motifs is 1. The van der Waals surface area contributed by atoms with Crippen molar-refractivity contribution >= 4 is 22.8 Å². The molecular formula is C28H43N5O3. The summed E-state index contributed by atoms with van der Waals surface area (Å²) in [5.74, 6) is 0.179. The Morgan fingerprint density at radius 1 is 0.944 bits per heavy atom. The third-order valence-electron chi connectivity index (χ3n) is 8.25. The van der Waals surface area contributed by atoms with E-state index in [4.69, 9.17) is 0 Å². The van der Waals surface area contributed by atoms with Gasteiger partial charge < -0.3 is 9.80 Å². The Hall–Kier alpha value is -2.45. The van der Waals surface area contributed by atoms with Crippen molar-refractivity contribution in [2.45, 2.75) is 71.3 Å². The van der Waals surface area contributed by atoms with Crippen LogP contribution < -0.4 is 11.0 Å². The summed E-state index contributed by atoms with van der Waals surface area (Å²) in [6.07, 6.45) is 7.71. The monoisotopic (exact) mass is 497 g/mol. The van der Waals surface area contributed by atoms with Crippen LogP contribution in [-0.4, -0.2) is 70.0 Å². The molecule has 2 aliphatic heterocycles. The number of hydrogen-bond donors (Lipinski definition) is 1. The number of aromatic nitrogens is 2. The molecule has 2 aromatic rings. The van der Waals surface area contributed by atoms with Crippen LogP contribution in [0, 0.1) is 5.92 Å². The number of piperazine rings is 1. The predicted octanol–water partition coefficient (Wildman–Crippen LogP) is 3.08. The number of rotatable bonds is 11. The molecule has 8 heteroatoms. The summed E-state index contributed by atoms with van der Waals surface area (Å²) in [6.45, 7) is 11.8. The average Bonchev–Trinajstić information content (AvgIpc) is 3.12. The lowest BCUT2D eigenvalue weighted by Crippen LogP contribution is -2.47. The molecule has 2 saturated heterocycles. The molecule has 36 heavy (non-hydrogen) atoms. The zero-order chi connectivity index (χ0) is 25.7. The third kappa shape index (κ3) is 6.09. The van der Waals surface area contributed by atoms with E-state index in [1.54, 1.807) is 16.2 Å². The van der Waals surface area contributed by atoms with Crippen LogP contribution in [0.5, 0.6) is 0 Å². The van der Waals surface area contributed by atoms with Crippen molar-refractivity contribution in [1.82, 2.24) is 24.3 Å². The van der Waals surface area contributed by atoms with Crippen molar-refractivity contribution in [2.24, 2.45) is 13.0 Å². The highest BCUT2D eigenvalue weighted by atomic mass is 16.2. The maximum atomic E-state index is 12.9. The highest BCUT2D eigenvalue weighted by Crippen LogP contribution is 2.24. The van der Waals surface area contributed by atoms with Crippen molar-refractivity contribution in [3.8, 4) is 0 Å². The Kier molecular flexibility index (Phi) is 9.01. The van der Waals surface area contributed by atoms with Crippen molar-refractivity contribution < 1.29 is 9.59 Å². The van der Waals surface area contributed by atoms with Crippen molar-refractivity contribution in [2.75, 3.05) is 39.3 Å². The minimum absolute atomic E-state index is 0.211. The van der Waals surface area contributed by atoms with Gasteiger partial charge in [0.25, 0.3) is 0 Å². The van der Waals surface area contributed by atoms with E-state index in [1.807, 2.05) is 6.07 Å². The number of nitrogens with one attached hydrogen (secondary N) is 1. The minimum atomic E-state index is -0.633. The number of amides is 2. The molecule has 0 aliphatic carbocycles. The van der Waals surface area contributed by atoms with E-state index in [0.29, 0.717) is 6.42 Å². The number of carbonyl (C=O) groups is 2. The summed E-state index contributed by atoms with van der Waals surface area (Å²) >= 11 is 0. The van der Waals surface area contributed by atoms with E-state index < -0.39 is 11.9 Å². The van der Waals surface area contributed by atoms with Gasteiger partial charge in [-0.1, -0.05) is 39.2 Å². The van der Waals surface area contributed by atoms with Gasteiger partial charge >= 0.3 is 5.69 Å². The van der Waals surface area contributed by atoms with Crippen LogP contribution in [0.15, 0.2) is 23.0 Å². The number of nitrogens with zero attached hydrogens (tertiary/aromatic N) is 4. The van der Waals surface area contributed by atoms with Crippen LogP contribution in [0.3, 0.4) is 0 Å². The van der Waals surface area contributed by atoms with E-state index in [-0.39, 0.29) is 18.0 Å². The van der Waals surface area contributed by atoms with Crippen molar-refractivity contribution in [3.63, 3.8) is 0 Å². The average molecular weight is 498 g/mol. The maximum Gasteiger partial charge on any atom is 0.329 e.